The second-order valence-electron chi connectivity index (χ2n) is 9.33. The molecule has 2 heterocycles. The Balaban J connectivity index is 1.44. The molecule has 0 N–H and O–H groups in total. The second kappa shape index (κ2) is 10.2. The van der Waals surface area contributed by atoms with Gasteiger partial charge in [0, 0.05) is 78.5 Å². The first-order valence-electron chi connectivity index (χ1n) is 12.1. The van der Waals surface area contributed by atoms with Gasteiger partial charge in [-0.3, -0.25) is 0 Å². The van der Waals surface area contributed by atoms with Crippen molar-refractivity contribution in [3.63, 3.8) is 0 Å². The molecule has 0 aliphatic rings. The zero-order valence-electron chi connectivity index (χ0n) is 20.3. The molecule has 0 aliphatic heterocycles. The first kappa shape index (κ1) is 25.2. The van der Waals surface area contributed by atoms with Crippen molar-refractivity contribution in [3.8, 4) is 0 Å². The van der Waals surface area contributed by atoms with E-state index in [-0.39, 0.29) is 0 Å². The third-order valence-electron chi connectivity index (χ3n) is 6.94. The molecule has 38 heavy (non-hydrogen) atoms. The highest BCUT2D eigenvalue weighted by Crippen LogP contribution is 2.36. The lowest BCUT2D eigenvalue weighted by atomic mass is 9.99. The van der Waals surface area contributed by atoms with Crippen LogP contribution in [0.3, 0.4) is 0 Å². The van der Waals surface area contributed by atoms with Crippen LogP contribution in [0, 0.1) is 0 Å². The van der Waals surface area contributed by atoms with Gasteiger partial charge in [-0.1, -0.05) is 102 Å². The number of hydrogen-bond donors (Lipinski definition) is 0. The van der Waals surface area contributed by atoms with Crippen molar-refractivity contribution in [3.05, 3.63) is 146 Å². The molecule has 6 heteroatoms. The molecule has 0 unspecified atom stereocenters. The van der Waals surface area contributed by atoms with Gasteiger partial charge >= 0.3 is 0 Å². The van der Waals surface area contributed by atoms with E-state index in [2.05, 4.69) is 76.6 Å². The molecule has 6 rings (SSSR count). The number of nitrogens with zero attached hydrogens (tertiary/aromatic N) is 2. The molecule has 0 aliphatic carbocycles. The Kier molecular flexibility index (Phi) is 6.75. The molecule has 0 fully saturated rings. The van der Waals surface area contributed by atoms with Crippen molar-refractivity contribution in [1.29, 1.82) is 0 Å². The van der Waals surface area contributed by atoms with E-state index in [1.807, 2.05) is 24.3 Å². The molecule has 2 nitrogen and oxygen atoms in total. The number of rotatable bonds is 6. The maximum atomic E-state index is 6.52. The molecule has 188 valence electrons. The van der Waals surface area contributed by atoms with E-state index in [9.17, 15) is 0 Å². The van der Waals surface area contributed by atoms with Gasteiger partial charge < -0.3 is 9.13 Å². The summed E-state index contributed by atoms with van der Waals surface area (Å²) in [7, 11) is 0. The highest BCUT2D eigenvalue weighted by Gasteiger charge is 2.18. The Hall–Kier alpha value is -3.14. The Morgan fingerprint density at radius 1 is 0.579 bits per heavy atom. The molecule has 0 saturated heterocycles. The average Bonchev–Trinajstić information content (AvgIpc) is 3.46. The van der Waals surface area contributed by atoms with E-state index in [1.54, 1.807) is 12.1 Å². The molecule has 0 radical (unpaired) electrons. The number of para-hydroxylation sites is 2. The molecule has 0 spiro atoms. The Labute approximate surface area is 241 Å². The first-order valence-corrected chi connectivity index (χ1v) is 13.6. The minimum Gasteiger partial charge on any atom is -0.342 e. The molecule has 0 bridgehead atoms. The van der Waals surface area contributed by atoms with Crippen LogP contribution in [-0.2, 0) is 13.1 Å². The molecular weight excluding hydrogens is 554 g/mol. The van der Waals surface area contributed by atoms with Gasteiger partial charge in [0.1, 0.15) is 0 Å². The van der Waals surface area contributed by atoms with Crippen LogP contribution in [0.2, 0.25) is 20.1 Å². The zero-order valence-corrected chi connectivity index (χ0v) is 23.3. The first-order chi connectivity index (χ1) is 18.4. The van der Waals surface area contributed by atoms with E-state index >= 15 is 0 Å². The Morgan fingerprint density at radius 3 is 1.42 bits per heavy atom. The molecular formula is C32H22Cl4N2. The number of fused-ring (bicyclic) bond motifs is 2. The highest BCUT2D eigenvalue weighted by molar-refractivity contribution is 6.35. The quantitative estimate of drug-likeness (QED) is 0.187. The van der Waals surface area contributed by atoms with Crippen molar-refractivity contribution in [2.45, 2.75) is 13.1 Å². The SMILES string of the molecule is C=C(c1cn(Cc2ccc(Cl)cc2Cl)c2ccccc12)c1cn(Cc2ccc(Cl)cc2Cl)c2ccccc12. The van der Waals surface area contributed by atoms with Crippen LogP contribution in [-0.4, -0.2) is 9.13 Å². The summed E-state index contributed by atoms with van der Waals surface area (Å²) in [5, 5.41) is 4.84. The zero-order chi connectivity index (χ0) is 26.4. The molecule has 0 atom stereocenters. The van der Waals surface area contributed by atoms with Gasteiger partial charge in [0.15, 0.2) is 0 Å². The van der Waals surface area contributed by atoms with Crippen molar-refractivity contribution >= 4 is 73.8 Å². The lowest BCUT2D eigenvalue weighted by Crippen LogP contribution is -1.99. The third kappa shape index (κ3) is 4.63. The summed E-state index contributed by atoms with van der Waals surface area (Å²) in [6.45, 7) is 5.83. The fraction of sp³-hybridized carbons (Fsp3) is 0.0625. The highest BCUT2D eigenvalue weighted by atomic mass is 35.5. The predicted octanol–water partition coefficient (Wildman–Crippen LogP) is 10.4. The summed E-state index contributed by atoms with van der Waals surface area (Å²) >= 11 is 25.3. The lowest BCUT2D eigenvalue weighted by molar-refractivity contribution is 0.834. The summed E-state index contributed by atoms with van der Waals surface area (Å²) in [5.41, 5.74) is 7.36. The van der Waals surface area contributed by atoms with Crippen LogP contribution in [0.25, 0.3) is 27.4 Å². The third-order valence-corrected chi connectivity index (χ3v) is 8.11. The fourth-order valence-corrected chi connectivity index (χ4v) is 5.98. The normalized spacial score (nSPS) is 11.5. The minimum atomic E-state index is 0.626. The summed E-state index contributed by atoms with van der Waals surface area (Å²) in [5.74, 6) is 0. The summed E-state index contributed by atoms with van der Waals surface area (Å²) < 4.78 is 4.44. The summed E-state index contributed by atoms with van der Waals surface area (Å²) in [4.78, 5) is 0. The minimum absolute atomic E-state index is 0.626. The topological polar surface area (TPSA) is 9.86 Å². The van der Waals surface area contributed by atoms with Gasteiger partial charge in [0.05, 0.1) is 0 Å². The number of hydrogen-bond acceptors (Lipinski definition) is 0. The standard InChI is InChI=1S/C32H22Cl4N2/c1-20(27-18-37(31-8-4-2-6-25(27)31)16-21-10-12-23(33)14-29(21)35)28-19-38(32-9-5-3-7-26(28)32)17-22-11-13-24(34)15-30(22)36/h2-15,18-19H,1,16-17H2. The lowest BCUT2D eigenvalue weighted by Gasteiger charge is -2.08. The molecule has 0 amide bonds. The summed E-state index contributed by atoms with van der Waals surface area (Å²) in [6.07, 6.45) is 4.33. The largest absolute Gasteiger partial charge is 0.342 e. The number of aromatic nitrogens is 2. The Morgan fingerprint density at radius 2 is 1.00 bits per heavy atom. The second-order valence-corrected chi connectivity index (χ2v) is 11.0. The average molecular weight is 576 g/mol. The van der Waals surface area contributed by atoms with Crippen LogP contribution in [0.1, 0.15) is 22.3 Å². The van der Waals surface area contributed by atoms with Crippen LogP contribution < -0.4 is 0 Å². The van der Waals surface area contributed by atoms with Gasteiger partial charge in [0.2, 0.25) is 0 Å². The van der Waals surface area contributed by atoms with Crippen LogP contribution >= 0.6 is 46.4 Å². The van der Waals surface area contributed by atoms with Gasteiger partial charge in [-0.15, -0.1) is 0 Å². The molecule has 0 saturated carbocycles. The van der Waals surface area contributed by atoms with Crippen molar-refractivity contribution in [2.24, 2.45) is 0 Å². The van der Waals surface area contributed by atoms with Crippen LogP contribution in [0.5, 0.6) is 0 Å². The monoisotopic (exact) mass is 574 g/mol. The maximum absolute atomic E-state index is 6.52. The molecule has 2 aromatic heterocycles. The van der Waals surface area contributed by atoms with Crippen molar-refractivity contribution < 1.29 is 0 Å². The van der Waals surface area contributed by atoms with Gasteiger partial charge in [0.25, 0.3) is 0 Å². The predicted molar refractivity (Wildman–Crippen MR) is 163 cm³/mol. The van der Waals surface area contributed by atoms with Gasteiger partial charge in [-0.25, -0.2) is 0 Å². The summed E-state index contributed by atoms with van der Waals surface area (Å²) in [6, 6.07) is 28.0. The Bertz CT molecular complexity index is 1710. The van der Waals surface area contributed by atoms with E-state index in [4.69, 9.17) is 46.4 Å². The maximum Gasteiger partial charge on any atom is 0.0491 e. The number of benzene rings is 4. The fourth-order valence-electron chi connectivity index (χ4n) is 5.05. The van der Waals surface area contributed by atoms with E-state index in [0.29, 0.717) is 33.2 Å². The molecule has 4 aromatic carbocycles. The van der Waals surface area contributed by atoms with Crippen LogP contribution in [0.4, 0.5) is 0 Å². The van der Waals surface area contributed by atoms with E-state index in [0.717, 1.165) is 49.6 Å². The van der Waals surface area contributed by atoms with Crippen molar-refractivity contribution in [1.82, 2.24) is 9.13 Å². The van der Waals surface area contributed by atoms with Gasteiger partial charge in [-0.2, -0.15) is 0 Å². The molecule has 6 aromatic rings. The van der Waals surface area contributed by atoms with E-state index < -0.39 is 0 Å². The van der Waals surface area contributed by atoms with E-state index in [1.165, 1.54) is 0 Å². The smallest absolute Gasteiger partial charge is 0.0491 e. The number of halogens is 4. The van der Waals surface area contributed by atoms with Gasteiger partial charge in [-0.05, 0) is 53.1 Å². The van der Waals surface area contributed by atoms with Crippen LogP contribution in [0.15, 0.2) is 104 Å². The van der Waals surface area contributed by atoms with Crippen molar-refractivity contribution in [2.75, 3.05) is 0 Å².